The van der Waals surface area contributed by atoms with E-state index in [1.807, 2.05) is 0 Å². The molecule has 0 amide bonds. The molecule has 0 radical (unpaired) electrons. The fourth-order valence-corrected chi connectivity index (χ4v) is 3.69. The molecule has 1 unspecified atom stereocenters. The summed E-state index contributed by atoms with van der Waals surface area (Å²) < 4.78 is 42.7. The van der Waals surface area contributed by atoms with Crippen LogP contribution in [0.4, 0.5) is 13.2 Å². The highest BCUT2D eigenvalue weighted by Gasteiger charge is 2.64. The summed E-state index contributed by atoms with van der Waals surface area (Å²) in [4.78, 5) is 12.9. The number of hydrogen-bond acceptors (Lipinski definition) is 1. The summed E-state index contributed by atoms with van der Waals surface area (Å²) >= 11 is 0. The highest BCUT2D eigenvalue weighted by Crippen LogP contribution is 2.51. The lowest BCUT2D eigenvalue weighted by molar-refractivity contribution is -0.173. The van der Waals surface area contributed by atoms with Gasteiger partial charge in [0.25, 0.3) is 0 Å². The normalized spacial score (nSPS) is 20.4. The standard InChI is InChI=1S/C20H13F3O/c21-20(22,23)19(12-14-7-2-4-10-16(14)18(19)24)17-11-5-8-13-6-1-3-9-15(13)17/h1-11H,12H2. The van der Waals surface area contributed by atoms with Gasteiger partial charge in [0.2, 0.25) is 0 Å². The lowest BCUT2D eigenvalue weighted by Crippen LogP contribution is -2.47. The van der Waals surface area contributed by atoms with Gasteiger partial charge in [0.15, 0.2) is 11.2 Å². The van der Waals surface area contributed by atoms with Crippen molar-refractivity contribution in [1.29, 1.82) is 0 Å². The van der Waals surface area contributed by atoms with E-state index in [4.69, 9.17) is 0 Å². The van der Waals surface area contributed by atoms with Crippen molar-refractivity contribution >= 4 is 16.6 Å². The molecule has 0 fully saturated rings. The molecule has 0 aromatic heterocycles. The zero-order valence-electron chi connectivity index (χ0n) is 12.6. The first-order valence-corrected chi connectivity index (χ1v) is 7.63. The smallest absolute Gasteiger partial charge is 0.293 e. The first kappa shape index (κ1) is 14.9. The number of alkyl halides is 3. The maximum atomic E-state index is 14.2. The van der Waals surface area contributed by atoms with Crippen LogP contribution in [0.2, 0.25) is 0 Å². The van der Waals surface area contributed by atoms with E-state index in [0.29, 0.717) is 16.3 Å². The van der Waals surface area contributed by atoms with Gasteiger partial charge in [-0.15, -0.1) is 0 Å². The minimum absolute atomic E-state index is 0.0364. The second-order valence-corrected chi connectivity index (χ2v) is 6.09. The van der Waals surface area contributed by atoms with Crippen molar-refractivity contribution in [2.75, 3.05) is 0 Å². The zero-order chi connectivity index (χ0) is 16.9. The van der Waals surface area contributed by atoms with Crippen LogP contribution < -0.4 is 0 Å². The average Bonchev–Trinajstić information content (AvgIpc) is 2.88. The molecule has 0 N–H and O–H groups in total. The summed E-state index contributed by atoms with van der Waals surface area (Å²) in [7, 11) is 0. The Labute approximate surface area is 136 Å². The minimum atomic E-state index is -4.67. The fourth-order valence-electron chi connectivity index (χ4n) is 3.69. The average molecular weight is 326 g/mol. The Morgan fingerprint density at radius 3 is 2.25 bits per heavy atom. The summed E-state index contributed by atoms with van der Waals surface area (Å²) in [5.41, 5.74) is -1.86. The third kappa shape index (κ3) is 1.86. The van der Waals surface area contributed by atoms with Crippen LogP contribution in [0.3, 0.4) is 0 Å². The number of rotatable bonds is 1. The van der Waals surface area contributed by atoms with Gasteiger partial charge in [0.1, 0.15) is 0 Å². The molecule has 4 heteroatoms. The maximum Gasteiger partial charge on any atom is 0.405 e. The van der Waals surface area contributed by atoms with Gasteiger partial charge in [-0.1, -0.05) is 66.7 Å². The van der Waals surface area contributed by atoms with Crippen molar-refractivity contribution in [3.8, 4) is 0 Å². The topological polar surface area (TPSA) is 17.1 Å². The van der Waals surface area contributed by atoms with Gasteiger partial charge in [0, 0.05) is 5.56 Å². The number of benzene rings is 3. The first-order chi connectivity index (χ1) is 11.4. The number of fused-ring (bicyclic) bond motifs is 2. The Hall–Kier alpha value is -2.62. The molecule has 1 atom stereocenters. The van der Waals surface area contributed by atoms with Crippen molar-refractivity contribution in [3.63, 3.8) is 0 Å². The number of ketones is 1. The van der Waals surface area contributed by atoms with Crippen LogP contribution in [0, 0.1) is 0 Å². The van der Waals surface area contributed by atoms with E-state index in [1.165, 1.54) is 12.1 Å². The molecule has 4 rings (SSSR count). The van der Waals surface area contributed by atoms with Gasteiger partial charge in [-0.25, -0.2) is 0 Å². The van der Waals surface area contributed by atoms with Crippen molar-refractivity contribution in [3.05, 3.63) is 83.4 Å². The molecular formula is C20H13F3O. The second-order valence-electron chi connectivity index (χ2n) is 6.09. The summed E-state index contributed by atoms with van der Waals surface area (Å²) in [6.07, 6.45) is -5.02. The van der Waals surface area contributed by atoms with Crippen LogP contribution in [0.1, 0.15) is 21.5 Å². The van der Waals surface area contributed by atoms with E-state index in [1.54, 1.807) is 54.6 Å². The van der Waals surface area contributed by atoms with Crippen molar-refractivity contribution < 1.29 is 18.0 Å². The molecule has 1 aliphatic rings. The van der Waals surface area contributed by atoms with E-state index < -0.39 is 17.4 Å². The molecule has 0 bridgehead atoms. The third-order valence-corrected chi connectivity index (χ3v) is 4.84. The van der Waals surface area contributed by atoms with Crippen LogP contribution in [0.15, 0.2) is 66.7 Å². The third-order valence-electron chi connectivity index (χ3n) is 4.84. The first-order valence-electron chi connectivity index (χ1n) is 7.63. The molecule has 0 saturated carbocycles. The molecule has 0 saturated heterocycles. The quantitative estimate of drug-likeness (QED) is 0.609. The number of hydrogen-bond donors (Lipinski definition) is 0. The summed E-state index contributed by atoms with van der Waals surface area (Å²) in [6.45, 7) is 0. The Morgan fingerprint density at radius 1 is 0.833 bits per heavy atom. The van der Waals surface area contributed by atoms with Crippen LogP contribution in [0.5, 0.6) is 0 Å². The van der Waals surface area contributed by atoms with Crippen molar-refractivity contribution in [1.82, 2.24) is 0 Å². The van der Waals surface area contributed by atoms with Crippen LogP contribution in [0.25, 0.3) is 10.8 Å². The molecule has 0 heterocycles. The van der Waals surface area contributed by atoms with Gasteiger partial charge in [-0.2, -0.15) is 13.2 Å². The molecule has 1 nitrogen and oxygen atoms in total. The molecule has 1 aliphatic carbocycles. The summed E-state index contributed by atoms with van der Waals surface area (Å²) in [6, 6.07) is 18.0. The monoisotopic (exact) mass is 326 g/mol. The molecule has 3 aromatic carbocycles. The molecular weight excluding hydrogens is 313 g/mol. The number of halogens is 3. The van der Waals surface area contributed by atoms with E-state index in [-0.39, 0.29) is 17.5 Å². The van der Waals surface area contributed by atoms with Crippen molar-refractivity contribution in [2.24, 2.45) is 0 Å². The summed E-state index contributed by atoms with van der Waals surface area (Å²) in [5, 5.41) is 1.17. The molecule has 0 aliphatic heterocycles. The predicted molar refractivity (Wildman–Crippen MR) is 86.2 cm³/mol. The largest absolute Gasteiger partial charge is 0.405 e. The molecule has 24 heavy (non-hydrogen) atoms. The van der Waals surface area contributed by atoms with E-state index in [0.717, 1.165) is 0 Å². The number of Topliss-reactive ketones (excluding diaryl/α,β-unsaturated/α-hetero) is 1. The zero-order valence-corrected chi connectivity index (χ0v) is 12.6. The Kier molecular flexibility index (Phi) is 3.07. The van der Waals surface area contributed by atoms with Crippen LogP contribution in [-0.4, -0.2) is 12.0 Å². The highest BCUT2D eigenvalue weighted by atomic mass is 19.4. The van der Waals surface area contributed by atoms with Gasteiger partial charge >= 0.3 is 6.18 Å². The van der Waals surface area contributed by atoms with E-state index in [2.05, 4.69) is 0 Å². The SMILES string of the molecule is O=C1c2ccccc2CC1(c1cccc2ccccc12)C(F)(F)F. The van der Waals surface area contributed by atoms with E-state index >= 15 is 0 Å². The lowest BCUT2D eigenvalue weighted by atomic mass is 9.74. The number of carbonyl (C=O) groups is 1. The predicted octanol–water partition coefficient (Wildman–Crippen LogP) is 5.08. The molecule has 120 valence electrons. The Bertz CT molecular complexity index is 953. The molecule has 0 spiro atoms. The summed E-state index contributed by atoms with van der Waals surface area (Å²) in [5.74, 6) is -0.859. The van der Waals surface area contributed by atoms with E-state index in [9.17, 15) is 18.0 Å². The molecule has 3 aromatic rings. The van der Waals surface area contributed by atoms with Gasteiger partial charge < -0.3 is 0 Å². The maximum absolute atomic E-state index is 14.2. The Morgan fingerprint density at radius 2 is 1.50 bits per heavy atom. The second kappa shape index (κ2) is 4.94. The fraction of sp³-hybridized carbons (Fsp3) is 0.150. The van der Waals surface area contributed by atoms with Gasteiger partial charge in [0.05, 0.1) is 0 Å². The lowest BCUT2D eigenvalue weighted by Gasteiger charge is -2.31. The highest BCUT2D eigenvalue weighted by molar-refractivity contribution is 6.11. The Balaban J connectivity index is 2.06. The van der Waals surface area contributed by atoms with Crippen LogP contribution in [-0.2, 0) is 11.8 Å². The number of carbonyl (C=O) groups excluding carboxylic acids is 1. The minimum Gasteiger partial charge on any atom is -0.293 e. The van der Waals surface area contributed by atoms with Gasteiger partial charge in [-0.3, -0.25) is 4.79 Å². The van der Waals surface area contributed by atoms with Crippen LogP contribution >= 0.6 is 0 Å². The van der Waals surface area contributed by atoms with Crippen molar-refractivity contribution in [2.45, 2.75) is 18.0 Å². The van der Waals surface area contributed by atoms with Gasteiger partial charge in [-0.05, 0) is 28.3 Å².